The second-order valence-electron chi connectivity index (χ2n) is 5.85. The van der Waals surface area contributed by atoms with Gasteiger partial charge in [0.15, 0.2) is 0 Å². The highest BCUT2D eigenvalue weighted by Gasteiger charge is 2.16. The molecule has 0 fully saturated rings. The van der Waals surface area contributed by atoms with Crippen LogP contribution in [-0.4, -0.2) is 6.54 Å². The molecule has 0 saturated carbocycles. The quantitative estimate of drug-likeness (QED) is 0.653. The first kappa shape index (κ1) is 15.6. The average molecular weight is 305 g/mol. The molecule has 0 radical (unpaired) electrons. The Kier molecular flexibility index (Phi) is 5.28. The molecular weight excluding hydrogens is 282 g/mol. The zero-order chi connectivity index (χ0) is 15.9. The van der Waals surface area contributed by atoms with Crippen LogP contribution in [0.25, 0.3) is 0 Å². The first-order chi connectivity index (χ1) is 11.3. The van der Waals surface area contributed by atoms with Crippen LogP contribution >= 0.6 is 0 Å². The molecule has 0 saturated heterocycles. The van der Waals surface area contributed by atoms with Gasteiger partial charge in [-0.3, -0.25) is 0 Å². The molecule has 2 atom stereocenters. The first-order valence-corrected chi connectivity index (χ1v) is 8.21. The van der Waals surface area contributed by atoms with Crippen LogP contribution in [0.4, 0.5) is 0 Å². The lowest BCUT2D eigenvalue weighted by atomic mass is 9.93. The molecule has 3 rings (SSSR count). The van der Waals surface area contributed by atoms with Gasteiger partial charge in [0.25, 0.3) is 0 Å². The molecule has 1 N–H and O–H groups in total. The Bertz CT molecular complexity index is 676. The third-order valence-corrected chi connectivity index (χ3v) is 4.27. The Morgan fingerprint density at radius 2 is 1.48 bits per heavy atom. The summed E-state index contributed by atoms with van der Waals surface area (Å²) in [4.78, 5) is 0. The van der Waals surface area contributed by atoms with Gasteiger partial charge in [-0.05, 0) is 43.1 Å². The Balaban J connectivity index is 1.64. The third-order valence-electron chi connectivity index (χ3n) is 4.27. The van der Waals surface area contributed by atoms with E-state index in [9.17, 15) is 0 Å². The Labute approximate surface area is 138 Å². The first-order valence-electron chi connectivity index (χ1n) is 8.21. The molecule has 2 nitrogen and oxygen atoms in total. The van der Waals surface area contributed by atoms with E-state index in [0.29, 0.717) is 12.0 Å². The van der Waals surface area contributed by atoms with Crippen molar-refractivity contribution >= 4 is 0 Å². The maximum atomic E-state index is 5.66. The molecule has 118 valence electrons. The summed E-state index contributed by atoms with van der Waals surface area (Å²) in [5, 5.41) is 3.62. The highest BCUT2D eigenvalue weighted by Crippen LogP contribution is 2.28. The molecule has 23 heavy (non-hydrogen) atoms. The van der Waals surface area contributed by atoms with E-state index in [2.05, 4.69) is 79.0 Å². The van der Waals surface area contributed by atoms with Gasteiger partial charge in [0.05, 0.1) is 6.26 Å². The minimum atomic E-state index is 0.293. The topological polar surface area (TPSA) is 25.2 Å². The van der Waals surface area contributed by atoms with Crippen molar-refractivity contribution in [1.29, 1.82) is 0 Å². The van der Waals surface area contributed by atoms with Crippen molar-refractivity contribution in [2.45, 2.75) is 25.3 Å². The molecular formula is C21H23NO. The maximum absolute atomic E-state index is 5.66. The van der Waals surface area contributed by atoms with Gasteiger partial charge in [0.1, 0.15) is 5.76 Å². The lowest BCUT2D eigenvalue weighted by Crippen LogP contribution is -2.21. The fourth-order valence-electron chi connectivity index (χ4n) is 2.95. The highest BCUT2D eigenvalue weighted by atomic mass is 16.3. The number of rotatable bonds is 7. The molecule has 3 aromatic rings. The zero-order valence-electron chi connectivity index (χ0n) is 13.5. The largest absolute Gasteiger partial charge is 0.469 e. The Morgan fingerprint density at radius 3 is 2.09 bits per heavy atom. The minimum absolute atomic E-state index is 0.293. The SMILES string of the molecule is CC(NCCC(c1ccccc1)c1ccco1)c1ccccc1. The number of benzene rings is 2. The second-order valence-corrected chi connectivity index (χ2v) is 5.85. The van der Waals surface area contributed by atoms with Crippen molar-refractivity contribution in [3.05, 3.63) is 95.9 Å². The number of hydrogen-bond acceptors (Lipinski definition) is 2. The fraction of sp³-hybridized carbons (Fsp3) is 0.238. The van der Waals surface area contributed by atoms with Gasteiger partial charge >= 0.3 is 0 Å². The number of nitrogens with one attached hydrogen (secondary N) is 1. The van der Waals surface area contributed by atoms with Gasteiger partial charge in [-0.2, -0.15) is 0 Å². The van der Waals surface area contributed by atoms with E-state index in [0.717, 1.165) is 18.7 Å². The van der Waals surface area contributed by atoms with Crippen LogP contribution in [0.3, 0.4) is 0 Å². The summed E-state index contributed by atoms with van der Waals surface area (Å²) in [6.45, 7) is 3.15. The number of hydrogen-bond donors (Lipinski definition) is 1. The summed E-state index contributed by atoms with van der Waals surface area (Å²) in [6, 6.07) is 25.5. The van der Waals surface area contributed by atoms with Crippen LogP contribution in [0.5, 0.6) is 0 Å². The van der Waals surface area contributed by atoms with Gasteiger partial charge < -0.3 is 9.73 Å². The molecule has 2 unspecified atom stereocenters. The van der Waals surface area contributed by atoms with Gasteiger partial charge in [0.2, 0.25) is 0 Å². The predicted octanol–water partition coefficient (Wildman–Crippen LogP) is 5.15. The molecule has 1 heterocycles. The normalized spacial score (nSPS) is 13.6. The molecule has 2 aromatic carbocycles. The maximum Gasteiger partial charge on any atom is 0.111 e. The van der Waals surface area contributed by atoms with Crippen LogP contribution < -0.4 is 5.32 Å². The smallest absolute Gasteiger partial charge is 0.111 e. The van der Waals surface area contributed by atoms with E-state index in [1.807, 2.05) is 6.07 Å². The monoisotopic (exact) mass is 305 g/mol. The van der Waals surface area contributed by atoms with E-state index in [4.69, 9.17) is 4.42 Å². The summed E-state index contributed by atoms with van der Waals surface area (Å²) in [7, 11) is 0. The predicted molar refractivity (Wildman–Crippen MR) is 94.5 cm³/mol. The summed E-state index contributed by atoms with van der Waals surface area (Å²) in [6.07, 6.45) is 2.76. The van der Waals surface area contributed by atoms with Crippen LogP contribution in [0.2, 0.25) is 0 Å². The molecule has 2 heteroatoms. The molecule has 0 aliphatic rings. The van der Waals surface area contributed by atoms with Crippen molar-refractivity contribution < 1.29 is 4.42 Å². The van der Waals surface area contributed by atoms with Gasteiger partial charge in [0, 0.05) is 12.0 Å². The molecule has 0 aliphatic heterocycles. The zero-order valence-corrected chi connectivity index (χ0v) is 13.5. The summed E-state index contributed by atoms with van der Waals surface area (Å²) in [5.74, 6) is 1.33. The van der Waals surface area contributed by atoms with E-state index in [-0.39, 0.29) is 0 Å². The molecule has 0 aliphatic carbocycles. The lowest BCUT2D eigenvalue weighted by Gasteiger charge is -2.18. The minimum Gasteiger partial charge on any atom is -0.469 e. The van der Waals surface area contributed by atoms with Crippen molar-refractivity contribution in [1.82, 2.24) is 5.32 Å². The van der Waals surface area contributed by atoms with E-state index < -0.39 is 0 Å². The van der Waals surface area contributed by atoms with Crippen molar-refractivity contribution in [2.75, 3.05) is 6.54 Å². The van der Waals surface area contributed by atoms with Gasteiger partial charge in [-0.25, -0.2) is 0 Å². The summed E-state index contributed by atoms with van der Waals surface area (Å²) in [5.41, 5.74) is 2.62. The van der Waals surface area contributed by atoms with Gasteiger partial charge in [-0.1, -0.05) is 60.7 Å². The molecule has 1 aromatic heterocycles. The van der Waals surface area contributed by atoms with Crippen LogP contribution in [0.1, 0.15) is 42.2 Å². The standard InChI is InChI=1S/C21H23NO/c1-17(18-9-4-2-5-10-18)22-15-14-20(21-13-8-16-23-21)19-11-6-3-7-12-19/h2-13,16-17,20,22H,14-15H2,1H3. The van der Waals surface area contributed by atoms with Crippen molar-refractivity contribution in [3.8, 4) is 0 Å². The van der Waals surface area contributed by atoms with Crippen molar-refractivity contribution in [2.24, 2.45) is 0 Å². The van der Waals surface area contributed by atoms with Gasteiger partial charge in [-0.15, -0.1) is 0 Å². The average Bonchev–Trinajstić information content (AvgIpc) is 3.14. The lowest BCUT2D eigenvalue weighted by molar-refractivity contribution is 0.457. The Morgan fingerprint density at radius 1 is 0.826 bits per heavy atom. The van der Waals surface area contributed by atoms with E-state index >= 15 is 0 Å². The Hall–Kier alpha value is -2.32. The number of furan rings is 1. The molecule has 0 spiro atoms. The molecule has 0 bridgehead atoms. The fourth-order valence-corrected chi connectivity index (χ4v) is 2.95. The second kappa shape index (κ2) is 7.80. The van der Waals surface area contributed by atoms with Crippen LogP contribution in [0.15, 0.2) is 83.5 Å². The van der Waals surface area contributed by atoms with Crippen LogP contribution in [-0.2, 0) is 0 Å². The third kappa shape index (κ3) is 4.11. The highest BCUT2D eigenvalue weighted by molar-refractivity contribution is 5.27. The molecule has 0 amide bonds. The van der Waals surface area contributed by atoms with Crippen LogP contribution in [0, 0.1) is 0 Å². The summed E-state index contributed by atoms with van der Waals surface area (Å²) >= 11 is 0. The van der Waals surface area contributed by atoms with E-state index in [1.165, 1.54) is 11.1 Å². The summed E-state index contributed by atoms with van der Waals surface area (Å²) < 4.78 is 5.66. The van der Waals surface area contributed by atoms with Crippen molar-refractivity contribution in [3.63, 3.8) is 0 Å². The van der Waals surface area contributed by atoms with E-state index in [1.54, 1.807) is 6.26 Å².